The van der Waals surface area contributed by atoms with Crippen molar-refractivity contribution in [2.24, 2.45) is 11.3 Å². The lowest BCUT2D eigenvalue weighted by Crippen LogP contribution is -2.31. The van der Waals surface area contributed by atoms with Crippen LogP contribution in [-0.4, -0.2) is 13.1 Å². The van der Waals surface area contributed by atoms with Crippen LogP contribution in [0.5, 0.6) is 0 Å². The Balaban J connectivity index is 2.39. The summed E-state index contributed by atoms with van der Waals surface area (Å²) in [4.78, 5) is 0. The second-order valence-corrected chi connectivity index (χ2v) is 5.03. The average Bonchev–Trinajstić information content (AvgIpc) is 2.60. The Bertz CT molecular complexity index is 155. The Morgan fingerprint density at radius 3 is 2.64 bits per heavy atom. The first-order chi connectivity index (χ1) is 6.76. The van der Waals surface area contributed by atoms with Gasteiger partial charge in [-0.1, -0.05) is 33.6 Å². The second kappa shape index (κ2) is 5.75. The van der Waals surface area contributed by atoms with Gasteiger partial charge in [-0.2, -0.15) is 0 Å². The Morgan fingerprint density at radius 2 is 2.07 bits per heavy atom. The van der Waals surface area contributed by atoms with Crippen molar-refractivity contribution in [2.45, 2.75) is 59.3 Å². The molecule has 84 valence electrons. The molecule has 1 N–H and O–H groups in total. The lowest BCUT2D eigenvalue weighted by molar-refractivity contribution is 0.257. The van der Waals surface area contributed by atoms with E-state index < -0.39 is 0 Å². The summed E-state index contributed by atoms with van der Waals surface area (Å²) in [6, 6.07) is 0. The molecule has 0 radical (unpaired) electrons. The summed E-state index contributed by atoms with van der Waals surface area (Å²) in [6.07, 6.45) is 8.60. The summed E-state index contributed by atoms with van der Waals surface area (Å²) in [5.74, 6) is 1.03. The van der Waals surface area contributed by atoms with E-state index in [9.17, 15) is 0 Å². The maximum Gasteiger partial charge on any atom is 0.000769 e. The highest BCUT2D eigenvalue weighted by molar-refractivity contribution is 4.89. The third-order valence-corrected chi connectivity index (χ3v) is 4.00. The molecule has 1 fully saturated rings. The van der Waals surface area contributed by atoms with Gasteiger partial charge in [-0.15, -0.1) is 0 Å². The van der Waals surface area contributed by atoms with E-state index in [1.807, 2.05) is 0 Å². The van der Waals surface area contributed by atoms with Crippen molar-refractivity contribution < 1.29 is 0 Å². The van der Waals surface area contributed by atoms with Crippen LogP contribution < -0.4 is 5.32 Å². The smallest absolute Gasteiger partial charge is 0.000769 e. The molecule has 1 rings (SSSR count). The quantitative estimate of drug-likeness (QED) is 0.686. The van der Waals surface area contributed by atoms with E-state index in [1.54, 1.807) is 0 Å². The minimum absolute atomic E-state index is 0.649. The minimum Gasteiger partial charge on any atom is -0.316 e. The molecule has 0 amide bonds. The van der Waals surface area contributed by atoms with Gasteiger partial charge >= 0.3 is 0 Å². The summed E-state index contributed by atoms with van der Waals surface area (Å²) in [5, 5.41) is 3.54. The normalized spacial score (nSPS) is 32.4. The molecule has 14 heavy (non-hydrogen) atoms. The molecule has 0 bridgehead atoms. The van der Waals surface area contributed by atoms with Gasteiger partial charge in [-0.05, 0) is 43.6 Å². The van der Waals surface area contributed by atoms with Gasteiger partial charge in [0.25, 0.3) is 0 Å². The van der Waals surface area contributed by atoms with Crippen LogP contribution in [-0.2, 0) is 0 Å². The fourth-order valence-electron chi connectivity index (χ4n) is 2.98. The summed E-state index contributed by atoms with van der Waals surface area (Å²) in [7, 11) is 0. The van der Waals surface area contributed by atoms with Crippen molar-refractivity contribution >= 4 is 0 Å². The van der Waals surface area contributed by atoms with Crippen LogP contribution in [0.1, 0.15) is 59.3 Å². The lowest BCUT2D eigenvalue weighted by Gasteiger charge is -2.28. The molecular weight excluding hydrogens is 170 g/mol. The van der Waals surface area contributed by atoms with Gasteiger partial charge in [0, 0.05) is 6.54 Å². The van der Waals surface area contributed by atoms with Gasteiger partial charge < -0.3 is 5.32 Å². The number of hydrogen-bond acceptors (Lipinski definition) is 1. The number of hydrogen-bond donors (Lipinski definition) is 1. The van der Waals surface area contributed by atoms with Crippen molar-refractivity contribution in [3.8, 4) is 0 Å². The van der Waals surface area contributed by atoms with Crippen molar-refractivity contribution in [2.75, 3.05) is 13.1 Å². The zero-order chi connectivity index (χ0) is 10.4. The standard InChI is InChI=1S/C13H27N/c1-4-7-12-8-9-13(5-2,10-12)11-14-6-3/h12,14H,4-11H2,1-3H3. The van der Waals surface area contributed by atoms with Crippen molar-refractivity contribution in [1.82, 2.24) is 5.32 Å². The molecule has 0 aromatic carbocycles. The summed E-state index contributed by atoms with van der Waals surface area (Å²) >= 11 is 0. The van der Waals surface area contributed by atoms with Gasteiger partial charge in [0.1, 0.15) is 0 Å². The summed E-state index contributed by atoms with van der Waals surface area (Å²) in [6.45, 7) is 9.27. The molecule has 1 aliphatic carbocycles. The van der Waals surface area contributed by atoms with Crippen LogP contribution >= 0.6 is 0 Å². The monoisotopic (exact) mass is 197 g/mol. The average molecular weight is 197 g/mol. The van der Waals surface area contributed by atoms with E-state index in [4.69, 9.17) is 0 Å². The van der Waals surface area contributed by atoms with Gasteiger partial charge in [-0.3, -0.25) is 0 Å². The molecule has 0 aromatic rings. The Morgan fingerprint density at radius 1 is 1.29 bits per heavy atom. The predicted molar refractivity (Wildman–Crippen MR) is 63.5 cm³/mol. The van der Waals surface area contributed by atoms with E-state index in [-0.39, 0.29) is 0 Å². The molecule has 1 nitrogen and oxygen atoms in total. The predicted octanol–water partition coefficient (Wildman–Crippen LogP) is 3.59. The number of nitrogens with one attached hydrogen (secondary N) is 1. The van der Waals surface area contributed by atoms with E-state index >= 15 is 0 Å². The highest BCUT2D eigenvalue weighted by Crippen LogP contribution is 2.45. The zero-order valence-corrected chi connectivity index (χ0v) is 10.2. The Hall–Kier alpha value is -0.0400. The van der Waals surface area contributed by atoms with E-state index in [0.29, 0.717) is 5.41 Å². The lowest BCUT2D eigenvalue weighted by atomic mass is 9.82. The van der Waals surface area contributed by atoms with Crippen molar-refractivity contribution in [1.29, 1.82) is 0 Å². The molecule has 0 spiro atoms. The highest BCUT2D eigenvalue weighted by Gasteiger charge is 2.36. The zero-order valence-electron chi connectivity index (χ0n) is 10.2. The topological polar surface area (TPSA) is 12.0 Å². The largest absolute Gasteiger partial charge is 0.316 e. The second-order valence-electron chi connectivity index (χ2n) is 5.03. The fourth-order valence-corrected chi connectivity index (χ4v) is 2.98. The first kappa shape index (κ1) is 12.0. The summed E-state index contributed by atoms with van der Waals surface area (Å²) < 4.78 is 0. The van der Waals surface area contributed by atoms with E-state index in [1.165, 1.54) is 45.1 Å². The van der Waals surface area contributed by atoms with Crippen LogP contribution in [0.4, 0.5) is 0 Å². The molecule has 0 aliphatic heterocycles. The van der Waals surface area contributed by atoms with Crippen molar-refractivity contribution in [3.63, 3.8) is 0 Å². The molecule has 0 saturated heterocycles. The Labute approximate surface area is 89.7 Å². The molecule has 1 aliphatic rings. The molecule has 2 unspecified atom stereocenters. The molecular formula is C13H27N. The van der Waals surface area contributed by atoms with Gasteiger partial charge in [0.15, 0.2) is 0 Å². The van der Waals surface area contributed by atoms with Crippen LogP contribution in [0.3, 0.4) is 0 Å². The van der Waals surface area contributed by atoms with Gasteiger partial charge in [0.05, 0.1) is 0 Å². The maximum absolute atomic E-state index is 3.54. The van der Waals surface area contributed by atoms with E-state index in [2.05, 4.69) is 26.1 Å². The molecule has 0 aromatic heterocycles. The first-order valence-electron chi connectivity index (χ1n) is 6.47. The summed E-state index contributed by atoms with van der Waals surface area (Å²) in [5.41, 5.74) is 0.649. The van der Waals surface area contributed by atoms with Crippen LogP contribution in [0.25, 0.3) is 0 Å². The molecule has 1 heteroatoms. The van der Waals surface area contributed by atoms with Crippen LogP contribution in [0, 0.1) is 11.3 Å². The van der Waals surface area contributed by atoms with Gasteiger partial charge in [-0.25, -0.2) is 0 Å². The van der Waals surface area contributed by atoms with Crippen LogP contribution in [0.2, 0.25) is 0 Å². The third-order valence-electron chi connectivity index (χ3n) is 4.00. The molecule has 0 heterocycles. The first-order valence-corrected chi connectivity index (χ1v) is 6.47. The van der Waals surface area contributed by atoms with Gasteiger partial charge in [0.2, 0.25) is 0 Å². The maximum atomic E-state index is 3.54. The molecule has 2 atom stereocenters. The van der Waals surface area contributed by atoms with Crippen molar-refractivity contribution in [3.05, 3.63) is 0 Å². The van der Waals surface area contributed by atoms with Crippen LogP contribution in [0.15, 0.2) is 0 Å². The highest BCUT2D eigenvalue weighted by atomic mass is 14.9. The fraction of sp³-hybridized carbons (Fsp3) is 1.00. The third kappa shape index (κ3) is 2.98. The van der Waals surface area contributed by atoms with E-state index in [0.717, 1.165) is 12.5 Å². The SMILES string of the molecule is CCCC1CCC(CC)(CNCC)C1. The molecule has 1 saturated carbocycles. The minimum atomic E-state index is 0.649. The number of rotatable bonds is 6. The Kier molecular flexibility index (Phi) is 4.94.